The fourth-order valence-electron chi connectivity index (χ4n) is 5.20. The van der Waals surface area contributed by atoms with Crippen LogP contribution in [0.3, 0.4) is 0 Å². The molecule has 0 radical (unpaired) electrons. The molecule has 5 aromatic carbocycles. The lowest BCUT2D eigenvalue weighted by atomic mass is 9.66. The third-order valence-electron chi connectivity index (χ3n) is 6.38. The second-order valence-electron chi connectivity index (χ2n) is 8.21. The van der Waals surface area contributed by atoms with Crippen molar-refractivity contribution < 1.29 is 0 Å². The molecule has 6 rings (SSSR count). The zero-order valence-electron chi connectivity index (χ0n) is 15.6. The van der Waals surface area contributed by atoms with Crippen LogP contribution >= 0.6 is 0 Å². The lowest BCUT2D eigenvalue weighted by molar-refractivity contribution is 0.652. The fourth-order valence-corrected chi connectivity index (χ4v) is 5.20. The van der Waals surface area contributed by atoms with E-state index in [9.17, 15) is 0 Å². The topological polar surface area (TPSA) is 0 Å². The summed E-state index contributed by atoms with van der Waals surface area (Å²) in [6.45, 7) is 4.77. The molecule has 0 N–H and O–H groups in total. The van der Waals surface area contributed by atoms with Gasteiger partial charge < -0.3 is 0 Å². The van der Waals surface area contributed by atoms with E-state index in [-0.39, 0.29) is 5.41 Å². The highest BCUT2D eigenvalue weighted by atomic mass is 14.4. The smallest absolute Gasteiger partial charge is 0.0165 e. The van der Waals surface area contributed by atoms with Crippen molar-refractivity contribution in [1.82, 2.24) is 0 Å². The molecule has 0 unspecified atom stereocenters. The van der Waals surface area contributed by atoms with Gasteiger partial charge in [-0.3, -0.25) is 0 Å². The van der Waals surface area contributed by atoms with Gasteiger partial charge in [0, 0.05) is 5.41 Å². The molecule has 27 heavy (non-hydrogen) atoms. The molecule has 0 atom stereocenters. The Balaban J connectivity index is 1.93. The minimum atomic E-state index is -0.0488. The zero-order chi connectivity index (χ0) is 18.2. The molecule has 0 heteroatoms. The molecular formula is C27H20. The molecule has 5 aromatic rings. The molecule has 0 bridgehead atoms. The van der Waals surface area contributed by atoms with Gasteiger partial charge in [-0.1, -0.05) is 92.7 Å². The van der Waals surface area contributed by atoms with Crippen molar-refractivity contribution in [3.05, 3.63) is 96.1 Å². The molecule has 0 fully saturated rings. The highest BCUT2D eigenvalue weighted by Gasteiger charge is 2.35. The van der Waals surface area contributed by atoms with E-state index in [4.69, 9.17) is 0 Å². The summed E-state index contributed by atoms with van der Waals surface area (Å²) >= 11 is 0. The van der Waals surface area contributed by atoms with Crippen LogP contribution in [0.5, 0.6) is 0 Å². The lowest BCUT2D eigenvalue weighted by Crippen LogP contribution is -2.24. The van der Waals surface area contributed by atoms with Crippen molar-refractivity contribution in [2.75, 3.05) is 0 Å². The average Bonchev–Trinajstić information content (AvgIpc) is 2.70. The third-order valence-corrected chi connectivity index (χ3v) is 6.38. The highest BCUT2D eigenvalue weighted by molar-refractivity contribution is 6.15. The van der Waals surface area contributed by atoms with Crippen molar-refractivity contribution in [2.24, 2.45) is 0 Å². The van der Waals surface area contributed by atoms with Crippen LogP contribution in [0.4, 0.5) is 0 Å². The van der Waals surface area contributed by atoms with E-state index in [0.29, 0.717) is 0 Å². The van der Waals surface area contributed by atoms with E-state index in [1.807, 2.05) is 0 Å². The summed E-state index contributed by atoms with van der Waals surface area (Å²) in [5.74, 6) is 0. The number of rotatable bonds is 0. The first-order chi connectivity index (χ1) is 13.2. The van der Waals surface area contributed by atoms with E-state index in [1.54, 1.807) is 0 Å². The quantitative estimate of drug-likeness (QED) is 0.256. The largest absolute Gasteiger partial charge is 0.0616 e. The predicted octanol–water partition coefficient (Wildman–Crippen LogP) is 7.45. The Bertz CT molecular complexity index is 1390. The van der Waals surface area contributed by atoms with Gasteiger partial charge in [0.05, 0.1) is 0 Å². The average molecular weight is 344 g/mol. The Morgan fingerprint density at radius 3 is 2.15 bits per heavy atom. The van der Waals surface area contributed by atoms with Crippen LogP contribution in [0.1, 0.15) is 25.0 Å². The van der Waals surface area contributed by atoms with Gasteiger partial charge >= 0.3 is 0 Å². The van der Waals surface area contributed by atoms with Gasteiger partial charge in [-0.15, -0.1) is 0 Å². The van der Waals surface area contributed by atoms with Crippen molar-refractivity contribution in [3.8, 4) is 11.1 Å². The summed E-state index contributed by atoms with van der Waals surface area (Å²) in [4.78, 5) is 0. The number of fused-ring (bicyclic) bond motifs is 6. The van der Waals surface area contributed by atoms with E-state index < -0.39 is 0 Å². The van der Waals surface area contributed by atoms with E-state index in [1.165, 1.54) is 54.6 Å². The Morgan fingerprint density at radius 1 is 0.593 bits per heavy atom. The van der Waals surface area contributed by atoms with E-state index >= 15 is 0 Å². The van der Waals surface area contributed by atoms with Crippen LogP contribution in [0.2, 0.25) is 0 Å². The molecule has 0 aliphatic heterocycles. The SMILES string of the molecule is CC1(C)c2ccc3ccccc3c2-c2cccc3cc4ccccc4c1c23. The predicted molar refractivity (Wildman–Crippen MR) is 117 cm³/mol. The van der Waals surface area contributed by atoms with Crippen LogP contribution < -0.4 is 0 Å². The summed E-state index contributed by atoms with van der Waals surface area (Å²) in [6.07, 6.45) is 0. The number of benzene rings is 5. The number of hydrogen-bond acceptors (Lipinski definition) is 0. The molecule has 128 valence electrons. The summed E-state index contributed by atoms with van der Waals surface area (Å²) in [5, 5.41) is 8.14. The van der Waals surface area contributed by atoms with Gasteiger partial charge in [0.15, 0.2) is 0 Å². The maximum atomic E-state index is 2.39. The van der Waals surface area contributed by atoms with Crippen LogP contribution in [-0.2, 0) is 5.41 Å². The second kappa shape index (κ2) is 4.98. The maximum absolute atomic E-state index is 2.39. The Labute approximate surface area is 159 Å². The first kappa shape index (κ1) is 15.0. The van der Waals surface area contributed by atoms with Gasteiger partial charge in [0.25, 0.3) is 0 Å². The maximum Gasteiger partial charge on any atom is 0.0165 e. The van der Waals surface area contributed by atoms with E-state index in [2.05, 4.69) is 98.8 Å². The normalized spacial score (nSPS) is 14.6. The first-order valence-corrected chi connectivity index (χ1v) is 9.64. The molecule has 0 spiro atoms. The minimum absolute atomic E-state index is 0.0488. The Hall–Kier alpha value is -3.12. The van der Waals surface area contributed by atoms with Gasteiger partial charge in [0.1, 0.15) is 0 Å². The summed E-state index contributed by atoms with van der Waals surface area (Å²) in [7, 11) is 0. The monoisotopic (exact) mass is 344 g/mol. The summed E-state index contributed by atoms with van der Waals surface area (Å²) in [5.41, 5.74) is 5.63. The van der Waals surface area contributed by atoms with Gasteiger partial charge in [0.2, 0.25) is 0 Å². The molecule has 0 heterocycles. The van der Waals surface area contributed by atoms with Crippen molar-refractivity contribution in [2.45, 2.75) is 19.3 Å². The van der Waals surface area contributed by atoms with Crippen LogP contribution in [0, 0.1) is 0 Å². The van der Waals surface area contributed by atoms with Crippen molar-refractivity contribution in [1.29, 1.82) is 0 Å². The van der Waals surface area contributed by atoms with Gasteiger partial charge in [-0.2, -0.15) is 0 Å². The van der Waals surface area contributed by atoms with E-state index in [0.717, 1.165) is 0 Å². The molecule has 0 saturated heterocycles. The zero-order valence-corrected chi connectivity index (χ0v) is 15.6. The summed E-state index contributed by atoms with van der Waals surface area (Å²) in [6, 6.07) is 31.4. The minimum Gasteiger partial charge on any atom is -0.0616 e. The standard InChI is InChI=1S/C27H20/c1-27(2)23-15-14-17-8-3-5-11-20(17)25(23)22-13-7-10-19-16-18-9-4-6-12-21(18)26(27)24(19)22/h3-16H,1-2H3. The molecule has 1 aliphatic carbocycles. The van der Waals surface area contributed by atoms with Crippen molar-refractivity contribution >= 4 is 32.3 Å². The lowest BCUT2D eigenvalue weighted by Gasteiger charge is -2.37. The third kappa shape index (κ3) is 1.83. The molecule has 0 amide bonds. The molecular weight excluding hydrogens is 324 g/mol. The van der Waals surface area contributed by atoms with Crippen LogP contribution in [-0.4, -0.2) is 0 Å². The second-order valence-corrected chi connectivity index (χ2v) is 8.21. The number of hydrogen-bond donors (Lipinski definition) is 0. The molecule has 0 aromatic heterocycles. The molecule has 1 aliphatic rings. The molecule has 0 nitrogen and oxygen atoms in total. The van der Waals surface area contributed by atoms with Crippen LogP contribution in [0.25, 0.3) is 43.4 Å². The fraction of sp³-hybridized carbons (Fsp3) is 0.111. The Kier molecular flexibility index (Phi) is 2.77. The van der Waals surface area contributed by atoms with Crippen LogP contribution in [0.15, 0.2) is 84.9 Å². The van der Waals surface area contributed by atoms with Gasteiger partial charge in [-0.05, 0) is 60.6 Å². The molecule has 0 saturated carbocycles. The Morgan fingerprint density at radius 2 is 1.30 bits per heavy atom. The summed E-state index contributed by atoms with van der Waals surface area (Å²) < 4.78 is 0. The van der Waals surface area contributed by atoms with Crippen molar-refractivity contribution in [3.63, 3.8) is 0 Å². The highest BCUT2D eigenvalue weighted by Crippen LogP contribution is 2.52. The first-order valence-electron chi connectivity index (χ1n) is 9.64. The van der Waals surface area contributed by atoms with Gasteiger partial charge in [-0.25, -0.2) is 0 Å².